The van der Waals surface area contributed by atoms with Gasteiger partial charge in [-0.25, -0.2) is 4.79 Å². The number of hydrogen-bond donors (Lipinski definition) is 2. The monoisotopic (exact) mass is 505 g/mol. The predicted molar refractivity (Wildman–Crippen MR) is 142 cm³/mol. The summed E-state index contributed by atoms with van der Waals surface area (Å²) in [6.07, 6.45) is -0.606. The number of aliphatic carboxylic acids is 1. The van der Waals surface area contributed by atoms with E-state index in [1.165, 1.54) is 0 Å². The van der Waals surface area contributed by atoms with E-state index in [2.05, 4.69) is 50.0 Å². The molecule has 4 rings (SSSR count). The number of benzene rings is 3. The minimum Gasteiger partial charge on any atom is -0.475 e. The van der Waals surface area contributed by atoms with Gasteiger partial charge in [-0.15, -0.1) is 0 Å². The molecule has 4 aromatic rings. The number of carboxylic acids is 1. The van der Waals surface area contributed by atoms with Crippen molar-refractivity contribution in [1.82, 2.24) is 4.98 Å². The Bertz CT molecular complexity index is 1340. The number of Topliss-reactive ketones (excluding diaryl/α,β-unsaturated/α-hetero) is 1. The maximum atomic E-state index is 12.9. The molecule has 1 aromatic heterocycles. The van der Waals surface area contributed by atoms with Gasteiger partial charge >= 0.3 is 5.97 Å². The van der Waals surface area contributed by atoms with Crippen molar-refractivity contribution in [3.8, 4) is 0 Å². The molecule has 0 spiro atoms. The van der Waals surface area contributed by atoms with Gasteiger partial charge in [0.25, 0.3) is 14.1 Å². The average molecular weight is 506 g/mol. The van der Waals surface area contributed by atoms with Crippen LogP contribution in [0.15, 0.2) is 78.9 Å². The maximum absolute atomic E-state index is 12.9. The van der Waals surface area contributed by atoms with Crippen LogP contribution in [0.1, 0.15) is 49.9 Å². The molecular weight excluding hydrogens is 478 g/mol. The Kier molecular flexibility index (Phi) is 6.73. The first-order valence-electron chi connectivity index (χ1n) is 11.4. The van der Waals surface area contributed by atoms with Gasteiger partial charge < -0.3 is 14.5 Å². The van der Waals surface area contributed by atoms with E-state index in [0.29, 0.717) is 21.6 Å². The summed E-state index contributed by atoms with van der Waals surface area (Å²) in [5.74, 6) is -2.52. The second-order valence-corrected chi connectivity index (χ2v) is 14.4. The molecule has 3 aromatic carbocycles. The number of hydrogen-bond acceptors (Lipinski definition) is 3. The molecule has 180 valence electrons. The van der Waals surface area contributed by atoms with Crippen LogP contribution in [0.3, 0.4) is 0 Å². The summed E-state index contributed by atoms with van der Waals surface area (Å²) in [5, 5.41) is 12.4. The summed E-state index contributed by atoms with van der Waals surface area (Å²) < 4.78 is 7.12. The lowest BCUT2D eigenvalue weighted by Crippen LogP contribution is -2.66. The number of carboxylic acid groups (broad SMARTS) is 1. The molecule has 0 radical (unpaired) electrons. The first-order chi connectivity index (χ1) is 16.6. The third-order valence-corrected chi connectivity index (χ3v) is 11.7. The smallest absolute Gasteiger partial charge is 0.377 e. The van der Waals surface area contributed by atoms with E-state index in [1.54, 1.807) is 18.2 Å². The fourth-order valence-electron chi connectivity index (χ4n) is 4.86. The standard InChI is InChI=1S/C28H28ClNO4Si/c1-18(25-24(26(31)27(32)33)22-17-19(29)15-16-23(22)30-25)34-35(28(2,3)4,20-11-7-5-8-12-20)21-13-9-6-10-14-21/h5-18,30H,1-4H3,(H,32,33). The Hall–Kier alpha value is -3.19. The fourth-order valence-corrected chi connectivity index (χ4v) is 9.69. The summed E-state index contributed by atoms with van der Waals surface area (Å²) in [5.41, 5.74) is 1.15. The molecule has 0 saturated carbocycles. The van der Waals surface area contributed by atoms with Crippen LogP contribution in [-0.2, 0) is 9.22 Å². The zero-order chi connectivity index (χ0) is 25.4. The van der Waals surface area contributed by atoms with Crippen molar-refractivity contribution in [1.29, 1.82) is 0 Å². The fraction of sp³-hybridized carbons (Fsp3) is 0.214. The van der Waals surface area contributed by atoms with Crippen LogP contribution < -0.4 is 10.4 Å². The highest BCUT2D eigenvalue weighted by molar-refractivity contribution is 6.99. The lowest BCUT2D eigenvalue weighted by molar-refractivity contribution is -0.131. The van der Waals surface area contributed by atoms with Crippen molar-refractivity contribution in [2.75, 3.05) is 0 Å². The lowest BCUT2D eigenvalue weighted by atomic mass is 10.0. The van der Waals surface area contributed by atoms with Gasteiger partial charge in [0.2, 0.25) is 0 Å². The maximum Gasteiger partial charge on any atom is 0.377 e. The normalized spacial score (nSPS) is 13.1. The number of carbonyl (C=O) groups excluding carboxylic acids is 1. The topological polar surface area (TPSA) is 79.4 Å². The van der Waals surface area contributed by atoms with Crippen LogP contribution >= 0.6 is 11.6 Å². The van der Waals surface area contributed by atoms with Crippen LogP contribution in [-0.4, -0.2) is 30.2 Å². The first-order valence-corrected chi connectivity index (χ1v) is 13.7. The molecule has 35 heavy (non-hydrogen) atoms. The molecule has 5 nitrogen and oxygen atoms in total. The van der Waals surface area contributed by atoms with E-state index in [0.717, 1.165) is 10.4 Å². The highest BCUT2D eigenvalue weighted by Crippen LogP contribution is 2.41. The summed E-state index contributed by atoms with van der Waals surface area (Å²) in [4.78, 5) is 27.9. The zero-order valence-corrected chi connectivity index (χ0v) is 21.9. The van der Waals surface area contributed by atoms with Crippen molar-refractivity contribution in [3.63, 3.8) is 0 Å². The largest absolute Gasteiger partial charge is 0.475 e. The van der Waals surface area contributed by atoms with Crippen molar-refractivity contribution in [2.45, 2.75) is 38.8 Å². The quantitative estimate of drug-likeness (QED) is 0.191. The van der Waals surface area contributed by atoms with E-state index >= 15 is 0 Å². The van der Waals surface area contributed by atoms with Gasteiger partial charge in [-0.05, 0) is 40.5 Å². The molecule has 0 fully saturated rings. The number of aromatic nitrogens is 1. The molecule has 2 N–H and O–H groups in total. The average Bonchev–Trinajstić information content (AvgIpc) is 3.20. The number of aromatic amines is 1. The van der Waals surface area contributed by atoms with E-state index in [9.17, 15) is 14.7 Å². The van der Waals surface area contributed by atoms with Crippen LogP contribution in [0, 0.1) is 0 Å². The van der Waals surface area contributed by atoms with E-state index in [1.807, 2.05) is 43.3 Å². The molecular formula is C28H28ClNO4Si. The Morgan fingerprint density at radius 2 is 1.49 bits per heavy atom. The number of rotatable bonds is 7. The molecule has 1 atom stereocenters. The van der Waals surface area contributed by atoms with Crippen LogP contribution in [0.4, 0.5) is 0 Å². The number of nitrogens with one attached hydrogen (secondary N) is 1. The van der Waals surface area contributed by atoms with E-state index in [-0.39, 0.29) is 10.6 Å². The Labute approximate surface area is 210 Å². The molecule has 1 heterocycles. The van der Waals surface area contributed by atoms with E-state index < -0.39 is 26.2 Å². The van der Waals surface area contributed by atoms with Gasteiger partial charge in [-0.3, -0.25) is 4.79 Å². The predicted octanol–water partition coefficient (Wildman–Crippen LogP) is 5.73. The highest BCUT2D eigenvalue weighted by Gasteiger charge is 2.51. The molecule has 7 heteroatoms. The SMILES string of the molecule is CC(O[Si](c1ccccc1)(c1ccccc1)C(C)(C)C)c1[nH]c2ccc(Cl)cc2c1C(=O)C(=O)O. The number of carbonyl (C=O) groups is 2. The summed E-state index contributed by atoms with van der Waals surface area (Å²) in [6, 6.07) is 25.4. The molecule has 0 aliphatic carbocycles. The zero-order valence-electron chi connectivity index (χ0n) is 20.1. The summed E-state index contributed by atoms with van der Waals surface area (Å²) >= 11 is 6.19. The lowest BCUT2D eigenvalue weighted by Gasteiger charge is -2.44. The molecule has 0 aliphatic heterocycles. The highest BCUT2D eigenvalue weighted by atomic mass is 35.5. The Balaban J connectivity index is 1.95. The Morgan fingerprint density at radius 3 is 1.97 bits per heavy atom. The van der Waals surface area contributed by atoms with Crippen molar-refractivity contribution in [3.05, 3.63) is 95.1 Å². The molecule has 1 unspecified atom stereocenters. The van der Waals surface area contributed by atoms with Crippen LogP contribution in [0.2, 0.25) is 10.1 Å². The summed E-state index contributed by atoms with van der Waals surface area (Å²) in [7, 11) is -2.94. The van der Waals surface area contributed by atoms with Gasteiger partial charge in [-0.1, -0.05) is 93.0 Å². The van der Waals surface area contributed by atoms with Gasteiger partial charge in [-0.2, -0.15) is 0 Å². The molecule has 0 aliphatic rings. The number of ketones is 1. The van der Waals surface area contributed by atoms with Crippen LogP contribution in [0.5, 0.6) is 0 Å². The van der Waals surface area contributed by atoms with Crippen molar-refractivity contribution >= 4 is 52.9 Å². The second kappa shape index (κ2) is 9.45. The van der Waals surface area contributed by atoms with Crippen molar-refractivity contribution < 1.29 is 19.1 Å². The third-order valence-electron chi connectivity index (χ3n) is 6.39. The first kappa shape index (κ1) is 24.9. The minimum atomic E-state index is -2.94. The number of H-pyrrole nitrogens is 1. The molecule has 0 bridgehead atoms. The minimum absolute atomic E-state index is 0.0837. The van der Waals surface area contributed by atoms with Crippen LogP contribution in [0.25, 0.3) is 10.9 Å². The summed E-state index contributed by atoms with van der Waals surface area (Å²) in [6.45, 7) is 8.37. The number of halogens is 1. The molecule has 0 saturated heterocycles. The van der Waals surface area contributed by atoms with Gasteiger partial charge in [0.1, 0.15) is 0 Å². The van der Waals surface area contributed by atoms with E-state index in [4.69, 9.17) is 16.0 Å². The second-order valence-electron chi connectivity index (χ2n) is 9.66. The third kappa shape index (κ3) is 4.45. The number of fused-ring (bicyclic) bond motifs is 1. The van der Waals surface area contributed by atoms with Gasteiger partial charge in [0.15, 0.2) is 0 Å². The van der Waals surface area contributed by atoms with Crippen molar-refractivity contribution in [2.24, 2.45) is 0 Å². The van der Waals surface area contributed by atoms with Gasteiger partial charge in [0.05, 0.1) is 17.4 Å². The molecule has 0 amide bonds. The Morgan fingerprint density at radius 1 is 0.943 bits per heavy atom. The van der Waals surface area contributed by atoms with Gasteiger partial charge in [0, 0.05) is 15.9 Å².